The second-order valence-electron chi connectivity index (χ2n) is 4.33. The smallest absolute Gasteiger partial charge is 0.283 e. The van der Waals surface area contributed by atoms with Crippen molar-refractivity contribution in [2.75, 3.05) is 5.32 Å². The second kappa shape index (κ2) is 6.24. The van der Waals surface area contributed by atoms with Crippen molar-refractivity contribution in [3.05, 3.63) is 67.1 Å². The molecule has 0 aliphatic rings. The number of hydrogen-bond acceptors (Lipinski definition) is 3. The molecular formula is C14H10BrClN2O3. The van der Waals surface area contributed by atoms with E-state index in [1.165, 1.54) is 12.1 Å². The van der Waals surface area contributed by atoms with Crippen molar-refractivity contribution in [3.63, 3.8) is 0 Å². The maximum Gasteiger partial charge on any atom is 0.283 e. The first-order chi connectivity index (χ1) is 9.88. The Kier molecular flexibility index (Phi) is 4.59. The molecule has 0 bridgehead atoms. The number of hydrogen-bond donors (Lipinski definition) is 1. The SMILES string of the molecule is Cc1ccc(Br)cc1NC(=O)c1ccc(Cl)cc1[N+](=O)[O-]. The third kappa shape index (κ3) is 3.59. The molecule has 2 rings (SSSR count). The number of benzene rings is 2. The highest BCUT2D eigenvalue weighted by Gasteiger charge is 2.21. The standard InChI is InChI=1S/C14H10BrClN2O3/c1-8-2-3-9(15)6-12(8)17-14(19)11-5-4-10(16)7-13(11)18(20)21/h2-7H,1H3,(H,17,19). The molecular weight excluding hydrogens is 360 g/mol. The first-order valence-electron chi connectivity index (χ1n) is 5.90. The third-order valence-corrected chi connectivity index (χ3v) is 3.58. The molecule has 0 radical (unpaired) electrons. The summed E-state index contributed by atoms with van der Waals surface area (Å²) >= 11 is 9.04. The summed E-state index contributed by atoms with van der Waals surface area (Å²) in [6.45, 7) is 1.83. The highest BCUT2D eigenvalue weighted by Crippen LogP contribution is 2.26. The van der Waals surface area contributed by atoms with Gasteiger partial charge < -0.3 is 5.32 Å². The number of nitrogens with one attached hydrogen (secondary N) is 1. The summed E-state index contributed by atoms with van der Waals surface area (Å²) in [5.74, 6) is -0.556. The Balaban J connectivity index is 2.37. The largest absolute Gasteiger partial charge is 0.321 e. The fourth-order valence-electron chi connectivity index (χ4n) is 1.77. The van der Waals surface area contributed by atoms with E-state index in [9.17, 15) is 14.9 Å². The lowest BCUT2D eigenvalue weighted by atomic mass is 10.1. The summed E-state index contributed by atoms with van der Waals surface area (Å²) in [6, 6.07) is 9.34. The van der Waals surface area contributed by atoms with Crippen molar-refractivity contribution >= 4 is 44.8 Å². The lowest BCUT2D eigenvalue weighted by Crippen LogP contribution is -2.14. The Labute approximate surface area is 134 Å². The average Bonchev–Trinajstić information content (AvgIpc) is 2.42. The van der Waals surface area contributed by atoms with Gasteiger partial charge in [-0.05, 0) is 36.8 Å². The van der Waals surface area contributed by atoms with Crippen LogP contribution in [0.5, 0.6) is 0 Å². The monoisotopic (exact) mass is 368 g/mol. The summed E-state index contributed by atoms with van der Waals surface area (Å²) in [6.07, 6.45) is 0. The molecule has 0 aliphatic carbocycles. The third-order valence-electron chi connectivity index (χ3n) is 2.85. The summed E-state index contributed by atoms with van der Waals surface area (Å²) in [5, 5.41) is 13.9. The van der Waals surface area contributed by atoms with Crippen LogP contribution >= 0.6 is 27.5 Å². The normalized spacial score (nSPS) is 10.2. The van der Waals surface area contributed by atoms with E-state index in [1.807, 2.05) is 19.1 Å². The summed E-state index contributed by atoms with van der Waals surface area (Å²) < 4.78 is 0.800. The first kappa shape index (κ1) is 15.5. The molecule has 0 aromatic heterocycles. The molecule has 1 amide bonds. The molecule has 7 heteroatoms. The van der Waals surface area contributed by atoms with Crippen LogP contribution < -0.4 is 5.32 Å². The van der Waals surface area contributed by atoms with Crippen LogP contribution in [-0.2, 0) is 0 Å². The number of amides is 1. The molecule has 0 saturated heterocycles. The Morgan fingerprint density at radius 3 is 2.67 bits per heavy atom. The quantitative estimate of drug-likeness (QED) is 0.636. The van der Waals surface area contributed by atoms with Gasteiger partial charge in [-0.15, -0.1) is 0 Å². The van der Waals surface area contributed by atoms with E-state index in [-0.39, 0.29) is 16.3 Å². The lowest BCUT2D eigenvalue weighted by molar-refractivity contribution is -0.385. The minimum Gasteiger partial charge on any atom is -0.321 e. The van der Waals surface area contributed by atoms with Crippen molar-refractivity contribution in [2.45, 2.75) is 6.92 Å². The predicted molar refractivity (Wildman–Crippen MR) is 84.9 cm³/mol. The van der Waals surface area contributed by atoms with Crippen LogP contribution in [0.15, 0.2) is 40.9 Å². The molecule has 0 fully saturated rings. The Hall–Kier alpha value is -1.92. The highest BCUT2D eigenvalue weighted by atomic mass is 79.9. The molecule has 0 aliphatic heterocycles. The summed E-state index contributed by atoms with van der Waals surface area (Å²) in [5.41, 5.74) is 1.07. The van der Waals surface area contributed by atoms with E-state index in [4.69, 9.17) is 11.6 Å². The first-order valence-corrected chi connectivity index (χ1v) is 7.07. The number of carbonyl (C=O) groups is 1. The second-order valence-corrected chi connectivity index (χ2v) is 5.68. The van der Waals surface area contributed by atoms with Crippen LogP contribution in [0.4, 0.5) is 11.4 Å². The number of anilines is 1. The van der Waals surface area contributed by atoms with Crippen molar-refractivity contribution in [1.29, 1.82) is 0 Å². The zero-order valence-electron chi connectivity index (χ0n) is 10.9. The van der Waals surface area contributed by atoms with E-state index in [1.54, 1.807) is 6.07 Å². The van der Waals surface area contributed by atoms with Gasteiger partial charge in [0.15, 0.2) is 0 Å². The topological polar surface area (TPSA) is 72.2 Å². The molecule has 0 heterocycles. The fraction of sp³-hybridized carbons (Fsp3) is 0.0714. The van der Waals surface area contributed by atoms with E-state index in [0.29, 0.717) is 5.69 Å². The van der Waals surface area contributed by atoms with Crippen LogP contribution in [0.25, 0.3) is 0 Å². The molecule has 0 atom stereocenters. The number of nitro benzene ring substituents is 1. The molecule has 21 heavy (non-hydrogen) atoms. The van der Waals surface area contributed by atoms with Crippen LogP contribution in [0, 0.1) is 17.0 Å². The van der Waals surface area contributed by atoms with Crippen LogP contribution in [-0.4, -0.2) is 10.8 Å². The van der Waals surface area contributed by atoms with Gasteiger partial charge in [-0.3, -0.25) is 14.9 Å². The Morgan fingerprint density at radius 1 is 1.29 bits per heavy atom. The van der Waals surface area contributed by atoms with Crippen molar-refractivity contribution < 1.29 is 9.72 Å². The maximum absolute atomic E-state index is 12.2. The number of rotatable bonds is 3. The Morgan fingerprint density at radius 2 is 2.00 bits per heavy atom. The average molecular weight is 370 g/mol. The van der Waals surface area contributed by atoms with Gasteiger partial charge in [0, 0.05) is 21.2 Å². The number of nitro groups is 1. The van der Waals surface area contributed by atoms with E-state index in [2.05, 4.69) is 21.2 Å². The van der Waals surface area contributed by atoms with E-state index < -0.39 is 10.8 Å². The molecule has 5 nitrogen and oxygen atoms in total. The summed E-state index contributed by atoms with van der Waals surface area (Å²) in [7, 11) is 0. The van der Waals surface area contributed by atoms with Gasteiger partial charge in [-0.2, -0.15) is 0 Å². The van der Waals surface area contributed by atoms with Gasteiger partial charge >= 0.3 is 0 Å². The molecule has 2 aromatic carbocycles. The predicted octanol–water partition coefficient (Wildman–Crippen LogP) is 4.57. The molecule has 0 spiro atoms. The molecule has 1 N–H and O–H groups in total. The zero-order valence-corrected chi connectivity index (χ0v) is 13.2. The van der Waals surface area contributed by atoms with Gasteiger partial charge in [0.2, 0.25) is 0 Å². The van der Waals surface area contributed by atoms with E-state index >= 15 is 0 Å². The lowest BCUT2D eigenvalue weighted by Gasteiger charge is -2.09. The number of nitrogens with zero attached hydrogens (tertiary/aromatic N) is 1. The van der Waals surface area contributed by atoms with Crippen molar-refractivity contribution in [1.82, 2.24) is 0 Å². The van der Waals surface area contributed by atoms with Gasteiger partial charge in [-0.25, -0.2) is 0 Å². The van der Waals surface area contributed by atoms with Crippen molar-refractivity contribution in [2.24, 2.45) is 0 Å². The van der Waals surface area contributed by atoms with Crippen LogP contribution in [0.1, 0.15) is 15.9 Å². The maximum atomic E-state index is 12.2. The fourth-order valence-corrected chi connectivity index (χ4v) is 2.29. The van der Waals surface area contributed by atoms with Gasteiger partial charge in [0.25, 0.3) is 11.6 Å². The number of aryl methyl sites for hydroxylation is 1. The highest BCUT2D eigenvalue weighted by molar-refractivity contribution is 9.10. The van der Waals surface area contributed by atoms with E-state index in [0.717, 1.165) is 16.1 Å². The minimum atomic E-state index is -0.630. The molecule has 0 unspecified atom stereocenters. The molecule has 108 valence electrons. The van der Waals surface area contributed by atoms with Crippen LogP contribution in [0.2, 0.25) is 5.02 Å². The Bertz CT molecular complexity index is 734. The molecule has 2 aromatic rings. The molecule has 0 saturated carbocycles. The minimum absolute atomic E-state index is 0.0382. The number of halogens is 2. The summed E-state index contributed by atoms with van der Waals surface area (Å²) in [4.78, 5) is 22.6. The van der Waals surface area contributed by atoms with Gasteiger partial charge in [0.05, 0.1) is 4.92 Å². The van der Waals surface area contributed by atoms with Gasteiger partial charge in [0.1, 0.15) is 5.56 Å². The van der Waals surface area contributed by atoms with Crippen molar-refractivity contribution in [3.8, 4) is 0 Å². The van der Waals surface area contributed by atoms with Gasteiger partial charge in [-0.1, -0.05) is 33.6 Å². The van der Waals surface area contributed by atoms with Crippen LogP contribution in [0.3, 0.4) is 0 Å². The number of carbonyl (C=O) groups excluding carboxylic acids is 1. The zero-order chi connectivity index (χ0) is 15.6.